The second kappa shape index (κ2) is 36.2. The molecule has 12 heteroatoms. The summed E-state index contributed by atoms with van der Waals surface area (Å²) >= 11 is 0. The van der Waals surface area contributed by atoms with Crippen molar-refractivity contribution in [3.63, 3.8) is 0 Å². The van der Waals surface area contributed by atoms with E-state index in [1.165, 1.54) is 96.3 Å². The lowest BCUT2D eigenvalue weighted by Gasteiger charge is -2.40. The van der Waals surface area contributed by atoms with Gasteiger partial charge in [-0.1, -0.05) is 203 Å². The topological polar surface area (TPSA) is 195 Å². The van der Waals surface area contributed by atoms with Crippen LogP contribution in [0.15, 0.2) is 54.6 Å². The Balaban J connectivity index is 1.23. The Morgan fingerprint density at radius 1 is 0.636 bits per heavy atom. The first kappa shape index (κ1) is 57.5. The summed E-state index contributed by atoms with van der Waals surface area (Å²) in [4.78, 5) is 25.8. The van der Waals surface area contributed by atoms with Crippen molar-refractivity contribution in [2.45, 2.75) is 236 Å². The molecule has 1 heterocycles. The highest BCUT2D eigenvalue weighted by Crippen LogP contribution is 2.23. The predicted molar refractivity (Wildman–Crippen MR) is 260 cm³/mol. The van der Waals surface area contributed by atoms with Crippen LogP contribution in [0, 0.1) is 0 Å². The fourth-order valence-electron chi connectivity index (χ4n) is 8.72. The average Bonchev–Trinajstić information content (AvgIpc) is 3.33. The van der Waals surface area contributed by atoms with E-state index in [1.807, 2.05) is 54.6 Å². The van der Waals surface area contributed by atoms with Gasteiger partial charge in [0.2, 0.25) is 5.91 Å². The van der Waals surface area contributed by atoms with Crippen molar-refractivity contribution >= 4 is 11.7 Å². The van der Waals surface area contributed by atoms with Gasteiger partial charge in [-0.3, -0.25) is 9.59 Å². The van der Waals surface area contributed by atoms with E-state index in [2.05, 4.69) is 12.2 Å². The molecule has 0 radical (unpaired) electrons. The fourth-order valence-corrected chi connectivity index (χ4v) is 8.72. The van der Waals surface area contributed by atoms with Crippen LogP contribution in [0.4, 0.5) is 0 Å². The first-order chi connectivity index (χ1) is 32.2. The van der Waals surface area contributed by atoms with Crippen molar-refractivity contribution in [2.75, 3.05) is 19.8 Å². The van der Waals surface area contributed by atoms with Crippen molar-refractivity contribution in [2.24, 2.45) is 0 Å². The third-order valence-electron chi connectivity index (χ3n) is 13.0. The largest absolute Gasteiger partial charge is 0.394 e. The Kier molecular flexibility index (Phi) is 31.6. The van der Waals surface area contributed by atoms with Gasteiger partial charge in [0.1, 0.15) is 30.5 Å². The van der Waals surface area contributed by atoms with Crippen LogP contribution in [0.3, 0.4) is 0 Å². The highest BCUT2D eigenvalue weighted by atomic mass is 16.7. The van der Waals surface area contributed by atoms with Crippen LogP contribution >= 0.6 is 0 Å². The van der Waals surface area contributed by atoms with Gasteiger partial charge in [-0.05, 0) is 30.9 Å². The van der Waals surface area contributed by atoms with E-state index >= 15 is 0 Å². The van der Waals surface area contributed by atoms with Gasteiger partial charge in [-0.25, -0.2) is 0 Å². The minimum absolute atomic E-state index is 0.0275. The van der Waals surface area contributed by atoms with Gasteiger partial charge in [0.25, 0.3) is 0 Å². The molecule has 8 atom stereocenters. The number of aliphatic hydroxyl groups excluding tert-OH is 6. The van der Waals surface area contributed by atoms with Gasteiger partial charge in [-0.15, -0.1) is 0 Å². The van der Waals surface area contributed by atoms with E-state index in [1.54, 1.807) is 0 Å². The first-order valence-corrected chi connectivity index (χ1v) is 26.0. The normalized spacial score (nSPS) is 20.0. The number of amides is 1. The standard InChI is InChI=1S/C54H89NO11/c1-2-3-4-5-6-7-8-12-15-18-21-27-35-46(57)50(60)45(41-65-54-53(63)52(62)51(61)47(39-56)66-54)55-48(58)36-28-22-19-16-13-10-9-11-14-17-20-23-29-37-64-40-42-31-30-34-44(38-42)49(59)43-32-25-24-26-33-43/h24-26,30-34,38,45-47,50-54,56-57,60-63H,2-23,27-29,35-37,39-41H2,1H3,(H,55,58)/t45-,46+,47?,50-,51?,52?,53?,54?/m0/s1. The number of carbonyl (C=O) groups is 2. The quantitative estimate of drug-likeness (QED) is 0.0249. The van der Waals surface area contributed by atoms with Crippen molar-refractivity contribution < 1.29 is 54.4 Å². The highest BCUT2D eigenvalue weighted by Gasteiger charge is 2.44. The Bertz CT molecular complexity index is 1510. The highest BCUT2D eigenvalue weighted by molar-refractivity contribution is 6.09. The lowest BCUT2D eigenvalue weighted by molar-refractivity contribution is -0.303. The Hall–Kier alpha value is -2.78. The molecule has 376 valence electrons. The monoisotopic (exact) mass is 928 g/mol. The predicted octanol–water partition coefficient (Wildman–Crippen LogP) is 9.01. The maximum absolute atomic E-state index is 13.1. The van der Waals surface area contributed by atoms with Crippen LogP contribution in [-0.2, 0) is 25.6 Å². The van der Waals surface area contributed by atoms with Crippen LogP contribution in [0.2, 0.25) is 0 Å². The molecule has 1 saturated heterocycles. The zero-order valence-corrected chi connectivity index (χ0v) is 40.5. The molecule has 1 aliphatic heterocycles. The summed E-state index contributed by atoms with van der Waals surface area (Å²) in [7, 11) is 0. The number of ketones is 1. The molecule has 3 rings (SSSR count). The van der Waals surface area contributed by atoms with Gasteiger partial charge >= 0.3 is 0 Å². The third kappa shape index (κ3) is 24.0. The Labute approximate surface area is 397 Å². The number of carbonyl (C=O) groups excluding carboxylic acids is 2. The summed E-state index contributed by atoms with van der Waals surface area (Å²) in [6.45, 7) is 2.54. The van der Waals surface area contributed by atoms with Crippen LogP contribution < -0.4 is 5.32 Å². The summed E-state index contributed by atoms with van der Waals surface area (Å²) in [6.07, 6.45) is 19.6. The second-order valence-electron chi connectivity index (χ2n) is 18.7. The lowest BCUT2D eigenvalue weighted by Crippen LogP contribution is -2.60. The maximum atomic E-state index is 13.1. The molecule has 2 aromatic rings. The molecule has 1 aliphatic rings. The zero-order valence-electron chi connectivity index (χ0n) is 40.5. The van der Waals surface area contributed by atoms with Crippen LogP contribution in [0.5, 0.6) is 0 Å². The number of ether oxygens (including phenoxy) is 3. The molecule has 1 fully saturated rings. The van der Waals surface area contributed by atoms with E-state index in [4.69, 9.17) is 14.2 Å². The Morgan fingerprint density at radius 3 is 1.74 bits per heavy atom. The molecule has 1 amide bonds. The van der Waals surface area contributed by atoms with E-state index in [0.717, 1.165) is 70.0 Å². The summed E-state index contributed by atoms with van der Waals surface area (Å²) in [5, 5.41) is 65.3. The van der Waals surface area contributed by atoms with Gasteiger partial charge < -0.3 is 50.2 Å². The number of benzene rings is 2. The summed E-state index contributed by atoms with van der Waals surface area (Å²) in [5.41, 5.74) is 2.39. The van der Waals surface area contributed by atoms with E-state index in [-0.39, 0.29) is 24.7 Å². The average molecular weight is 928 g/mol. The molecule has 12 nitrogen and oxygen atoms in total. The number of aliphatic hydroxyl groups is 6. The number of nitrogens with one attached hydrogen (secondary N) is 1. The number of hydrogen-bond acceptors (Lipinski definition) is 11. The molecule has 7 N–H and O–H groups in total. The smallest absolute Gasteiger partial charge is 0.220 e. The van der Waals surface area contributed by atoms with E-state index in [9.17, 15) is 40.2 Å². The molecule has 66 heavy (non-hydrogen) atoms. The maximum Gasteiger partial charge on any atom is 0.220 e. The van der Waals surface area contributed by atoms with Crippen LogP contribution in [0.25, 0.3) is 0 Å². The second-order valence-corrected chi connectivity index (χ2v) is 18.7. The van der Waals surface area contributed by atoms with Gasteiger partial charge in [0.15, 0.2) is 12.1 Å². The molecular formula is C54H89NO11. The number of hydrogen-bond donors (Lipinski definition) is 7. The molecular weight excluding hydrogens is 839 g/mol. The molecule has 2 aromatic carbocycles. The van der Waals surface area contributed by atoms with Crippen molar-refractivity contribution in [1.82, 2.24) is 5.32 Å². The molecule has 0 bridgehead atoms. The summed E-state index contributed by atoms with van der Waals surface area (Å²) < 4.78 is 17.1. The zero-order chi connectivity index (χ0) is 47.6. The number of unbranched alkanes of at least 4 members (excludes halogenated alkanes) is 23. The number of rotatable bonds is 40. The minimum Gasteiger partial charge on any atom is -0.394 e. The van der Waals surface area contributed by atoms with Crippen molar-refractivity contribution in [3.8, 4) is 0 Å². The molecule has 0 aliphatic carbocycles. The molecule has 0 aromatic heterocycles. The summed E-state index contributed by atoms with van der Waals surface area (Å²) in [5.74, 6) is -0.250. The van der Waals surface area contributed by atoms with Crippen molar-refractivity contribution in [3.05, 3.63) is 71.3 Å². The van der Waals surface area contributed by atoms with Gasteiger partial charge in [0, 0.05) is 24.2 Å². The summed E-state index contributed by atoms with van der Waals surface area (Å²) in [6, 6.07) is 16.0. The first-order valence-electron chi connectivity index (χ1n) is 26.0. The Morgan fingerprint density at radius 2 is 1.17 bits per heavy atom. The molecule has 5 unspecified atom stereocenters. The molecule has 0 spiro atoms. The fraction of sp³-hybridized carbons (Fsp3) is 0.741. The van der Waals surface area contributed by atoms with Crippen LogP contribution in [0.1, 0.15) is 202 Å². The van der Waals surface area contributed by atoms with Gasteiger partial charge in [0.05, 0.1) is 32.0 Å². The lowest BCUT2D eigenvalue weighted by atomic mass is 9.98. The van der Waals surface area contributed by atoms with Gasteiger partial charge in [-0.2, -0.15) is 0 Å². The van der Waals surface area contributed by atoms with Crippen LogP contribution in [-0.4, -0.2) is 111 Å². The SMILES string of the molecule is CCCCCCCCCCCCCC[C@@H](O)[C@@H](O)[C@H](COC1OC(CO)C(O)C(O)C1O)NC(=O)CCCCCCCCCCCCCCCOCc1cccc(C(=O)c2ccccc2)c1. The van der Waals surface area contributed by atoms with E-state index < -0.39 is 55.6 Å². The van der Waals surface area contributed by atoms with Crippen molar-refractivity contribution in [1.29, 1.82) is 0 Å². The third-order valence-corrected chi connectivity index (χ3v) is 13.0. The van der Waals surface area contributed by atoms with E-state index in [0.29, 0.717) is 30.6 Å². The minimum atomic E-state index is -1.62. The molecule has 0 saturated carbocycles.